The summed E-state index contributed by atoms with van der Waals surface area (Å²) in [5, 5.41) is 2.30. The monoisotopic (exact) mass is 211 g/mol. The second-order valence-corrected chi connectivity index (χ2v) is 4.36. The molecule has 80 valence electrons. The highest BCUT2D eigenvalue weighted by Gasteiger charge is 2.27. The van der Waals surface area contributed by atoms with Crippen molar-refractivity contribution in [2.24, 2.45) is 0 Å². The fraction of sp³-hybridized carbons (Fsp3) is 0.286. The second kappa shape index (κ2) is 3.71. The molecule has 0 aliphatic heterocycles. The predicted octanol–water partition coefficient (Wildman–Crippen LogP) is 3.07. The summed E-state index contributed by atoms with van der Waals surface area (Å²) in [6.45, 7) is 0. The molecule has 1 saturated carbocycles. The molecule has 2 heteroatoms. The lowest BCUT2D eigenvalue weighted by atomic mass is 9.94. The van der Waals surface area contributed by atoms with E-state index in [-0.39, 0.29) is 5.92 Å². The molecule has 1 aromatic heterocycles. The van der Waals surface area contributed by atoms with E-state index in [9.17, 15) is 4.79 Å². The highest BCUT2D eigenvalue weighted by Crippen LogP contribution is 2.34. The molecule has 0 saturated heterocycles. The number of carbonyl (C=O) groups excluding carboxylic acids is 1. The summed E-state index contributed by atoms with van der Waals surface area (Å²) in [6.07, 6.45) is 6.45. The molecule has 1 atom stereocenters. The Morgan fingerprint density at radius 3 is 2.88 bits per heavy atom. The smallest absolute Gasteiger partial charge is 0.140 e. The molecule has 1 heterocycles. The zero-order chi connectivity index (χ0) is 11.0. The molecule has 0 bridgehead atoms. The van der Waals surface area contributed by atoms with E-state index in [0.717, 1.165) is 30.2 Å². The topological polar surface area (TPSA) is 30.0 Å². The van der Waals surface area contributed by atoms with Gasteiger partial charge in [0.25, 0.3) is 0 Å². The van der Waals surface area contributed by atoms with Crippen LogP contribution in [0.4, 0.5) is 0 Å². The van der Waals surface area contributed by atoms with Crippen LogP contribution in [-0.4, -0.2) is 10.8 Å². The fourth-order valence-electron chi connectivity index (χ4n) is 2.56. The number of ketones is 1. The van der Waals surface area contributed by atoms with Crippen molar-refractivity contribution < 1.29 is 4.79 Å². The first kappa shape index (κ1) is 9.52. The SMILES string of the molecule is O=C1CCCC1c1cncc2ccccc12. The molecule has 16 heavy (non-hydrogen) atoms. The number of Topliss-reactive ketones (excluding diaryl/α,β-unsaturated/α-hetero) is 1. The maximum absolute atomic E-state index is 11.8. The Kier molecular flexibility index (Phi) is 2.21. The van der Waals surface area contributed by atoms with Gasteiger partial charge >= 0.3 is 0 Å². The Bertz CT molecular complexity index is 542. The molecule has 0 N–H and O–H groups in total. The molecule has 1 aliphatic carbocycles. The van der Waals surface area contributed by atoms with Gasteiger partial charge in [-0.15, -0.1) is 0 Å². The highest BCUT2D eigenvalue weighted by molar-refractivity contribution is 5.94. The number of fused-ring (bicyclic) bond motifs is 1. The van der Waals surface area contributed by atoms with Crippen molar-refractivity contribution in [1.29, 1.82) is 0 Å². The van der Waals surface area contributed by atoms with Gasteiger partial charge in [0, 0.05) is 30.1 Å². The van der Waals surface area contributed by atoms with Gasteiger partial charge in [-0.1, -0.05) is 24.3 Å². The Morgan fingerprint density at radius 2 is 2.06 bits per heavy atom. The van der Waals surface area contributed by atoms with Gasteiger partial charge < -0.3 is 0 Å². The lowest BCUT2D eigenvalue weighted by Crippen LogP contribution is -2.05. The summed E-state index contributed by atoms with van der Waals surface area (Å²) in [4.78, 5) is 16.0. The third-order valence-corrected chi connectivity index (χ3v) is 3.38. The van der Waals surface area contributed by atoms with E-state index in [1.165, 1.54) is 5.39 Å². The van der Waals surface area contributed by atoms with Crippen molar-refractivity contribution >= 4 is 16.6 Å². The van der Waals surface area contributed by atoms with Crippen LogP contribution in [0.15, 0.2) is 36.7 Å². The highest BCUT2D eigenvalue weighted by atomic mass is 16.1. The van der Waals surface area contributed by atoms with E-state index in [1.807, 2.05) is 30.6 Å². The van der Waals surface area contributed by atoms with Crippen LogP contribution in [0.1, 0.15) is 30.7 Å². The number of aromatic nitrogens is 1. The summed E-state index contributed by atoms with van der Waals surface area (Å²) >= 11 is 0. The number of rotatable bonds is 1. The molecule has 1 unspecified atom stereocenters. The zero-order valence-electron chi connectivity index (χ0n) is 9.02. The van der Waals surface area contributed by atoms with E-state index in [1.54, 1.807) is 0 Å². The van der Waals surface area contributed by atoms with Crippen LogP contribution in [0, 0.1) is 0 Å². The lowest BCUT2D eigenvalue weighted by molar-refractivity contribution is -0.118. The van der Waals surface area contributed by atoms with Crippen molar-refractivity contribution in [1.82, 2.24) is 4.98 Å². The van der Waals surface area contributed by atoms with Crippen LogP contribution in [0.25, 0.3) is 10.8 Å². The summed E-state index contributed by atoms with van der Waals surface area (Å²) in [7, 11) is 0. The largest absolute Gasteiger partial charge is 0.299 e. The molecule has 0 amide bonds. The van der Waals surface area contributed by atoms with E-state index in [0.29, 0.717) is 5.78 Å². The van der Waals surface area contributed by atoms with Gasteiger partial charge in [0.1, 0.15) is 5.78 Å². The van der Waals surface area contributed by atoms with Gasteiger partial charge in [-0.25, -0.2) is 0 Å². The average molecular weight is 211 g/mol. The Hall–Kier alpha value is -1.70. The number of nitrogens with zero attached hydrogens (tertiary/aromatic N) is 1. The molecular weight excluding hydrogens is 198 g/mol. The van der Waals surface area contributed by atoms with Gasteiger partial charge in [0.2, 0.25) is 0 Å². The van der Waals surface area contributed by atoms with Gasteiger partial charge in [0.15, 0.2) is 0 Å². The normalized spacial score (nSPS) is 20.5. The average Bonchev–Trinajstić information content (AvgIpc) is 2.75. The van der Waals surface area contributed by atoms with Crippen LogP contribution >= 0.6 is 0 Å². The quantitative estimate of drug-likeness (QED) is 0.725. The fourth-order valence-corrected chi connectivity index (χ4v) is 2.56. The van der Waals surface area contributed by atoms with E-state index in [2.05, 4.69) is 11.1 Å². The van der Waals surface area contributed by atoms with Crippen molar-refractivity contribution in [2.45, 2.75) is 25.2 Å². The van der Waals surface area contributed by atoms with Gasteiger partial charge in [-0.3, -0.25) is 9.78 Å². The predicted molar refractivity (Wildman–Crippen MR) is 63.3 cm³/mol. The van der Waals surface area contributed by atoms with Gasteiger partial charge in [0.05, 0.1) is 0 Å². The minimum Gasteiger partial charge on any atom is -0.299 e. The van der Waals surface area contributed by atoms with Crippen LogP contribution in [0.2, 0.25) is 0 Å². The van der Waals surface area contributed by atoms with Crippen LogP contribution in [0.3, 0.4) is 0 Å². The molecule has 2 nitrogen and oxygen atoms in total. The lowest BCUT2D eigenvalue weighted by Gasteiger charge is -2.10. The summed E-state index contributed by atoms with van der Waals surface area (Å²) in [5.41, 5.74) is 1.11. The van der Waals surface area contributed by atoms with E-state index >= 15 is 0 Å². The third kappa shape index (κ3) is 1.42. The van der Waals surface area contributed by atoms with E-state index in [4.69, 9.17) is 0 Å². The van der Waals surface area contributed by atoms with E-state index < -0.39 is 0 Å². The molecule has 3 rings (SSSR count). The number of pyridine rings is 1. The maximum Gasteiger partial charge on any atom is 0.140 e. The van der Waals surface area contributed by atoms with Crippen molar-refractivity contribution in [3.8, 4) is 0 Å². The minimum atomic E-state index is 0.0820. The summed E-state index contributed by atoms with van der Waals surface area (Å²) < 4.78 is 0. The summed E-state index contributed by atoms with van der Waals surface area (Å²) in [6, 6.07) is 8.15. The molecule has 1 fully saturated rings. The molecular formula is C14H13NO. The van der Waals surface area contributed by atoms with Crippen LogP contribution in [0.5, 0.6) is 0 Å². The first-order valence-electron chi connectivity index (χ1n) is 5.71. The number of hydrogen-bond donors (Lipinski definition) is 0. The standard InChI is InChI=1S/C14H13NO/c16-14-7-3-6-12(14)13-9-15-8-10-4-1-2-5-11(10)13/h1-2,4-5,8-9,12H,3,6-7H2. The first-order chi connectivity index (χ1) is 7.86. The Balaban J connectivity index is 2.19. The molecule has 0 spiro atoms. The Labute approximate surface area is 94.3 Å². The first-order valence-corrected chi connectivity index (χ1v) is 5.71. The van der Waals surface area contributed by atoms with Crippen molar-refractivity contribution in [2.75, 3.05) is 0 Å². The van der Waals surface area contributed by atoms with Crippen LogP contribution < -0.4 is 0 Å². The number of carbonyl (C=O) groups is 1. The van der Waals surface area contributed by atoms with Crippen LogP contribution in [-0.2, 0) is 4.79 Å². The van der Waals surface area contributed by atoms with Crippen molar-refractivity contribution in [3.63, 3.8) is 0 Å². The number of benzene rings is 1. The summed E-state index contributed by atoms with van der Waals surface area (Å²) in [5.74, 6) is 0.455. The zero-order valence-corrected chi connectivity index (χ0v) is 9.02. The third-order valence-electron chi connectivity index (χ3n) is 3.38. The van der Waals surface area contributed by atoms with Gasteiger partial charge in [-0.05, 0) is 23.8 Å². The Morgan fingerprint density at radius 1 is 1.19 bits per heavy atom. The molecule has 1 aliphatic rings. The number of hydrogen-bond acceptors (Lipinski definition) is 2. The minimum absolute atomic E-state index is 0.0820. The molecule has 1 aromatic carbocycles. The molecule has 0 radical (unpaired) electrons. The van der Waals surface area contributed by atoms with Gasteiger partial charge in [-0.2, -0.15) is 0 Å². The van der Waals surface area contributed by atoms with Crippen molar-refractivity contribution in [3.05, 3.63) is 42.2 Å². The maximum atomic E-state index is 11.8. The second-order valence-electron chi connectivity index (χ2n) is 4.36. The molecule has 2 aromatic rings.